The zero-order chi connectivity index (χ0) is 23.9. The first-order chi connectivity index (χ1) is 16.2. The summed E-state index contributed by atoms with van der Waals surface area (Å²) in [7, 11) is 0. The molecule has 1 spiro atoms. The van der Waals surface area contributed by atoms with Gasteiger partial charge in [-0.05, 0) is 49.6 Å². The number of benzene rings is 2. The molecule has 3 amide bonds. The van der Waals surface area contributed by atoms with Crippen LogP contribution in [0.25, 0.3) is 0 Å². The Morgan fingerprint density at radius 3 is 2.65 bits per heavy atom. The SMILES string of the molecule is Cc1ccc2c(c1C)NC(=O)[C@]21N[C@H]([C@@H](C)O)[C@H]2C(=O)N(Cc3ccc4c(c3)OCO4)C(=O)[C@@H]21. The van der Waals surface area contributed by atoms with Crippen LogP contribution >= 0.6 is 0 Å². The van der Waals surface area contributed by atoms with Gasteiger partial charge in [0.05, 0.1) is 24.5 Å². The molecular weight excluding hydrogens is 438 g/mol. The van der Waals surface area contributed by atoms with E-state index in [4.69, 9.17) is 9.47 Å². The normalized spacial score (nSPS) is 29.6. The number of anilines is 1. The Balaban J connectivity index is 1.43. The van der Waals surface area contributed by atoms with Crippen LogP contribution in [-0.4, -0.2) is 46.7 Å². The van der Waals surface area contributed by atoms with E-state index in [1.807, 2.05) is 26.0 Å². The summed E-state index contributed by atoms with van der Waals surface area (Å²) < 4.78 is 10.8. The van der Waals surface area contributed by atoms with Gasteiger partial charge in [-0.3, -0.25) is 24.6 Å². The van der Waals surface area contributed by atoms with E-state index < -0.39 is 41.3 Å². The van der Waals surface area contributed by atoms with Crippen LogP contribution < -0.4 is 20.1 Å². The molecule has 0 bridgehead atoms. The highest BCUT2D eigenvalue weighted by atomic mass is 16.7. The Kier molecular flexibility index (Phi) is 4.37. The molecule has 0 aliphatic carbocycles. The molecule has 5 atom stereocenters. The van der Waals surface area contributed by atoms with E-state index in [-0.39, 0.29) is 19.2 Å². The monoisotopic (exact) mass is 463 g/mol. The third kappa shape index (κ3) is 2.59. The second-order valence-electron chi connectivity index (χ2n) is 9.56. The lowest BCUT2D eigenvalue weighted by Gasteiger charge is -2.30. The summed E-state index contributed by atoms with van der Waals surface area (Å²) in [6.45, 7) is 5.61. The van der Waals surface area contributed by atoms with Gasteiger partial charge in [0, 0.05) is 17.3 Å². The highest BCUT2D eigenvalue weighted by Crippen LogP contribution is 2.54. The summed E-state index contributed by atoms with van der Waals surface area (Å²) in [5, 5.41) is 16.7. The summed E-state index contributed by atoms with van der Waals surface area (Å²) >= 11 is 0. The Hall–Kier alpha value is -3.43. The van der Waals surface area contributed by atoms with Gasteiger partial charge >= 0.3 is 0 Å². The van der Waals surface area contributed by atoms with E-state index in [1.54, 1.807) is 25.1 Å². The lowest BCUT2D eigenvalue weighted by atomic mass is 9.76. The number of imide groups is 1. The highest BCUT2D eigenvalue weighted by molar-refractivity contribution is 6.15. The number of aryl methyl sites for hydroxylation is 1. The average Bonchev–Trinajstić information content (AvgIpc) is 3.53. The zero-order valence-electron chi connectivity index (χ0n) is 19.0. The Morgan fingerprint density at radius 2 is 1.88 bits per heavy atom. The second kappa shape index (κ2) is 7.04. The number of hydrogen-bond donors (Lipinski definition) is 3. The minimum Gasteiger partial charge on any atom is -0.454 e. The van der Waals surface area contributed by atoms with Crippen molar-refractivity contribution < 1.29 is 29.0 Å². The number of carbonyl (C=O) groups excluding carboxylic acids is 3. The molecule has 0 unspecified atom stereocenters. The second-order valence-corrected chi connectivity index (χ2v) is 9.56. The van der Waals surface area contributed by atoms with Crippen LogP contribution in [0.4, 0.5) is 5.69 Å². The minimum absolute atomic E-state index is 0.0469. The topological polar surface area (TPSA) is 117 Å². The highest BCUT2D eigenvalue weighted by Gasteiger charge is 2.71. The Bertz CT molecular complexity index is 1270. The fourth-order valence-electron chi connectivity index (χ4n) is 5.90. The molecule has 6 rings (SSSR count). The molecule has 0 aromatic heterocycles. The largest absolute Gasteiger partial charge is 0.454 e. The van der Waals surface area contributed by atoms with Gasteiger partial charge in [0.15, 0.2) is 11.5 Å². The molecule has 4 aliphatic heterocycles. The van der Waals surface area contributed by atoms with Crippen molar-refractivity contribution in [3.63, 3.8) is 0 Å². The van der Waals surface area contributed by atoms with Gasteiger partial charge in [-0.2, -0.15) is 0 Å². The van der Waals surface area contributed by atoms with E-state index in [0.717, 1.165) is 11.1 Å². The van der Waals surface area contributed by atoms with Crippen molar-refractivity contribution in [1.29, 1.82) is 0 Å². The minimum atomic E-state index is -1.42. The number of aliphatic hydroxyl groups excluding tert-OH is 1. The number of carbonyl (C=O) groups is 3. The van der Waals surface area contributed by atoms with Gasteiger partial charge in [0.25, 0.3) is 0 Å². The lowest BCUT2D eigenvalue weighted by Crippen LogP contribution is -2.54. The molecule has 34 heavy (non-hydrogen) atoms. The van der Waals surface area contributed by atoms with Crippen LogP contribution in [0.15, 0.2) is 30.3 Å². The molecule has 2 saturated heterocycles. The molecule has 2 aromatic rings. The first-order valence-electron chi connectivity index (χ1n) is 11.4. The maximum absolute atomic E-state index is 13.8. The molecule has 4 aliphatic rings. The molecular formula is C25H25N3O6. The maximum Gasteiger partial charge on any atom is 0.250 e. The molecule has 3 N–H and O–H groups in total. The van der Waals surface area contributed by atoms with Crippen molar-refractivity contribution in [1.82, 2.24) is 10.2 Å². The van der Waals surface area contributed by atoms with E-state index >= 15 is 0 Å². The number of likely N-dealkylation sites (tertiary alicyclic amines) is 1. The van der Waals surface area contributed by atoms with Gasteiger partial charge in [-0.1, -0.05) is 18.2 Å². The van der Waals surface area contributed by atoms with Crippen LogP contribution in [0.3, 0.4) is 0 Å². The van der Waals surface area contributed by atoms with E-state index in [1.165, 1.54) is 4.90 Å². The average molecular weight is 463 g/mol. The third-order valence-corrected chi connectivity index (χ3v) is 7.74. The van der Waals surface area contributed by atoms with Crippen molar-refractivity contribution in [2.75, 3.05) is 12.1 Å². The zero-order valence-corrected chi connectivity index (χ0v) is 19.0. The summed E-state index contributed by atoms with van der Waals surface area (Å²) in [5.74, 6) is -1.84. The quantitative estimate of drug-likeness (QED) is 0.588. The molecule has 2 fully saturated rings. The Morgan fingerprint density at radius 1 is 1.12 bits per heavy atom. The van der Waals surface area contributed by atoms with Crippen LogP contribution in [0.2, 0.25) is 0 Å². The van der Waals surface area contributed by atoms with Gasteiger partial charge in [0.1, 0.15) is 5.54 Å². The summed E-state index contributed by atoms with van der Waals surface area (Å²) in [6, 6.07) is 8.28. The number of ether oxygens (including phenoxy) is 2. The number of nitrogens with one attached hydrogen (secondary N) is 2. The van der Waals surface area contributed by atoms with Crippen LogP contribution in [0, 0.1) is 25.7 Å². The van der Waals surface area contributed by atoms with Crippen molar-refractivity contribution >= 4 is 23.4 Å². The number of nitrogens with zero attached hydrogens (tertiary/aromatic N) is 1. The predicted molar refractivity (Wildman–Crippen MR) is 120 cm³/mol. The van der Waals surface area contributed by atoms with Gasteiger partial charge < -0.3 is 19.9 Å². The molecule has 176 valence electrons. The Labute approximate surface area is 196 Å². The van der Waals surface area contributed by atoms with Gasteiger partial charge in [-0.15, -0.1) is 0 Å². The molecule has 9 nitrogen and oxygen atoms in total. The molecule has 4 heterocycles. The standard InChI is InChI=1S/C25H25N3O6/c1-11-4-6-15-20(12(11)2)26-24(32)25(15)19-18(21(27-25)13(3)29)22(30)28(23(19)31)9-14-5-7-16-17(8-14)34-10-33-16/h4-8,13,18-19,21,27,29H,9-10H2,1-3H3,(H,26,32)/t13-,18+,19-,21-,25+/m1/s1. The van der Waals surface area contributed by atoms with Crippen molar-refractivity contribution in [3.8, 4) is 11.5 Å². The lowest BCUT2D eigenvalue weighted by molar-refractivity contribution is -0.143. The van der Waals surface area contributed by atoms with Crippen molar-refractivity contribution in [2.45, 2.75) is 45.0 Å². The van der Waals surface area contributed by atoms with E-state index in [0.29, 0.717) is 28.3 Å². The number of fused-ring (bicyclic) bond motifs is 5. The predicted octanol–water partition coefficient (Wildman–Crippen LogP) is 1.33. The van der Waals surface area contributed by atoms with Gasteiger partial charge in [0.2, 0.25) is 24.5 Å². The first-order valence-corrected chi connectivity index (χ1v) is 11.4. The third-order valence-electron chi connectivity index (χ3n) is 7.74. The fraction of sp³-hybridized carbons (Fsp3) is 0.400. The molecule has 9 heteroatoms. The fourth-order valence-corrected chi connectivity index (χ4v) is 5.90. The number of aliphatic hydroxyl groups is 1. The van der Waals surface area contributed by atoms with Crippen LogP contribution in [0.5, 0.6) is 11.5 Å². The maximum atomic E-state index is 13.8. The van der Waals surface area contributed by atoms with E-state index in [2.05, 4.69) is 10.6 Å². The van der Waals surface area contributed by atoms with Crippen LogP contribution in [0.1, 0.15) is 29.2 Å². The summed E-state index contributed by atoms with van der Waals surface area (Å²) in [5.41, 5.74) is 2.52. The number of rotatable bonds is 3. The summed E-state index contributed by atoms with van der Waals surface area (Å²) in [6.07, 6.45) is -0.947. The van der Waals surface area contributed by atoms with Crippen LogP contribution in [-0.2, 0) is 26.5 Å². The van der Waals surface area contributed by atoms with Crippen molar-refractivity contribution in [3.05, 3.63) is 52.6 Å². The van der Waals surface area contributed by atoms with Crippen molar-refractivity contribution in [2.24, 2.45) is 11.8 Å². The summed E-state index contributed by atoms with van der Waals surface area (Å²) in [4.78, 5) is 42.1. The molecule has 0 radical (unpaired) electrons. The van der Waals surface area contributed by atoms with E-state index in [9.17, 15) is 19.5 Å². The molecule has 0 saturated carbocycles. The number of hydrogen-bond acceptors (Lipinski definition) is 7. The smallest absolute Gasteiger partial charge is 0.250 e. The van der Waals surface area contributed by atoms with Gasteiger partial charge in [-0.25, -0.2) is 0 Å². The first kappa shape index (κ1) is 21.1. The number of amides is 3. The molecule has 2 aromatic carbocycles.